The fraction of sp³-hybridized carbons (Fsp3) is 0.429. The maximum Gasteiger partial charge on any atom is 0.126 e. The molecule has 0 aliphatic carbocycles. The highest BCUT2D eigenvalue weighted by molar-refractivity contribution is 5.36. The molecule has 1 aromatic heterocycles. The molecule has 0 atom stereocenters. The molecule has 1 heterocycles. The Kier molecular flexibility index (Phi) is 4.27. The Morgan fingerprint density at radius 2 is 2.16 bits per heavy atom. The van der Waals surface area contributed by atoms with E-state index in [1.54, 1.807) is 29.9 Å². The van der Waals surface area contributed by atoms with E-state index in [0.717, 1.165) is 17.9 Å². The highest BCUT2D eigenvalue weighted by atomic mass is 19.1. The molecule has 0 unspecified atom stereocenters. The van der Waals surface area contributed by atoms with Crippen molar-refractivity contribution < 1.29 is 4.39 Å². The summed E-state index contributed by atoms with van der Waals surface area (Å²) in [5.41, 5.74) is 2.40. The summed E-state index contributed by atoms with van der Waals surface area (Å²) in [6.07, 6.45) is 1.73. The van der Waals surface area contributed by atoms with Crippen LogP contribution in [0.5, 0.6) is 0 Å². The van der Waals surface area contributed by atoms with Gasteiger partial charge in [-0.05, 0) is 43.1 Å². The third-order valence-electron chi connectivity index (χ3n) is 2.86. The van der Waals surface area contributed by atoms with Crippen LogP contribution in [-0.4, -0.2) is 21.5 Å². The van der Waals surface area contributed by atoms with E-state index in [9.17, 15) is 4.39 Å². The summed E-state index contributed by atoms with van der Waals surface area (Å²) < 4.78 is 15.0. The lowest BCUT2D eigenvalue weighted by atomic mass is 10.2. The van der Waals surface area contributed by atoms with Crippen LogP contribution < -0.4 is 5.32 Å². The Bertz CT molecular complexity index is 548. The van der Waals surface area contributed by atoms with Gasteiger partial charge in [-0.1, -0.05) is 19.1 Å². The van der Waals surface area contributed by atoms with Crippen molar-refractivity contribution in [3.05, 3.63) is 41.5 Å². The zero-order valence-electron chi connectivity index (χ0n) is 11.5. The number of aryl methyl sites for hydroxylation is 1. The van der Waals surface area contributed by atoms with Crippen LogP contribution in [0.3, 0.4) is 0 Å². The largest absolute Gasteiger partial charge is 0.311 e. The second kappa shape index (κ2) is 5.93. The standard InChI is InChI=1S/C14H19FN4/c1-10(2)7-16-8-13-9-17-18-19(13)12-4-5-14(15)11(3)6-12/h4-6,9-10,16H,7-8H2,1-3H3. The first-order chi connectivity index (χ1) is 9.08. The average Bonchev–Trinajstić information content (AvgIpc) is 2.80. The van der Waals surface area contributed by atoms with Gasteiger partial charge in [0, 0.05) is 6.54 Å². The van der Waals surface area contributed by atoms with Crippen LogP contribution in [0.2, 0.25) is 0 Å². The van der Waals surface area contributed by atoms with Crippen molar-refractivity contribution in [2.45, 2.75) is 27.3 Å². The number of benzene rings is 1. The van der Waals surface area contributed by atoms with Gasteiger partial charge in [-0.25, -0.2) is 9.07 Å². The zero-order chi connectivity index (χ0) is 13.8. The molecular formula is C14H19FN4. The van der Waals surface area contributed by atoms with Crippen molar-refractivity contribution in [3.63, 3.8) is 0 Å². The Morgan fingerprint density at radius 1 is 1.37 bits per heavy atom. The molecule has 0 aliphatic heterocycles. The van der Waals surface area contributed by atoms with Gasteiger partial charge in [-0.3, -0.25) is 0 Å². The number of aromatic nitrogens is 3. The number of nitrogens with one attached hydrogen (secondary N) is 1. The predicted molar refractivity (Wildman–Crippen MR) is 72.6 cm³/mol. The Morgan fingerprint density at radius 3 is 2.84 bits per heavy atom. The summed E-state index contributed by atoms with van der Waals surface area (Å²) in [6, 6.07) is 4.94. The van der Waals surface area contributed by atoms with Gasteiger partial charge in [-0.2, -0.15) is 0 Å². The van der Waals surface area contributed by atoms with Gasteiger partial charge in [0.05, 0.1) is 17.6 Å². The minimum atomic E-state index is -0.205. The van der Waals surface area contributed by atoms with E-state index < -0.39 is 0 Å². The topological polar surface area (TPSA) is 42.7 Å². The molecule has 19 heavy (non-hydrogen) atoms. The molecule has 0 amide bonds. The fourth-order valence-electron chi connectivity index (χ4n) is 1.84. The quantitative estimate of drug-likeness (QED) is 0.900. The second-order valence-corrected chi connectivity index (χ2v) is 5.10. The Hall–Kier alpha value is -1.75. The molecule has 2 aromatic rings. The van der Waals surface area contributed by atoms with Crippen molar-refractivity contribution in [3.8, 4) is 5.69 Å². The molecule has 0 fully saturated rings. The van der Waals surface area contributed by atoms with Crippen LogP contribution in [0.25, 0.3) is 5.69 Å². The van der Waals surface area contributed by atoms with Crippen molar-refractivity contribution in [1.82, 2.24) is 20.3 Å². The highest BCUT2D eigenvalue weighted by Gasteiger charge is 2.08. The van der Waals surface area contributed by atoms with Crippen LogP contribution in [0, 0.1) is 18.7 Å². The molecule has 1 aromatic carbocycles. The molecule has 5 heteroatoms. The van der Waals surface area contributed by atoms with Crippen LogP contribution in [-0.2, 0) is 6.54 Å². The number of halogens is 1. The minimum absolute atomic E-state index is 0.205. The number of hydrogen-bond acceptors (Lipinski definition) is 3. The second-order valence-electron chi connectivity index (χ2n) is 5.10. The van der Waals surface area contributed by atoms with Crippen LogP contribution in [0.15, 0.2) is 24.4 Å². The van der Waals surface area contributed by atoms with Gasteiger partial charge in [0.25, 0.3) is 0 Å². The third-order valence-corrected chi connectivity index (χ3v) is 2.86. The smallest absolute Gasteiger partial charge is 0.126 e. The molecule has 0 aliphatic rings. The van der Waals surface area contributed by atoms with Crippen molar-refractivity contribution in [2.24, 2.45) is 5.92 Å². The zero-order valence-corrected chi connectivity index (χ0v) is 11.5. The maximum absolute atomic E-state index is 13.3. The monoisotopic (exact) mass is 262 g/mol. The van der Waals surface area contributed by atoms with E-state index in [1.807, 2.05) is 0 Å². The van der Waals surface area contributed by atoms with Gasteiger partial charge in [0.15, 0.2) is 0 Å². The van der Waals surface area contributed by atoms with E-state index in [0.29, 0.717) is 18.0 Å². The van der Waals surface area contributed by atoms with Gasteiger partial charge in [-0.15, -0.1) is 5.10 Å². The average molecular weight is 262 g/mol. The minimum Gasteiger partial charge on any atom is -0.311 e. The van der Waals surface area contributed by atoms with Crippen molar-refractivity contribution in [1.29, 1.82) is 0 Å². The van der Waals surface area contributed by atoms with Gasteiger partial charge in [0.2, 0.25) is 0 Å². The van der Waals surface area contributed by atoms with Crippen LogP contribution in [0.1, 0.15) is 25.1 Å². The number of nitrogens with zero attached hydrogens (tertiary/aromatic N) is 3. The first kappa shape index (κ1) is 13.7. The molecule has 0 saturated carbocycles. The SMILES string of the molecule is Cc1cc(-n2nncc2CNCC(C)C)ccc1F. The van der Waals surface area contributed by atoms with E-state index >= 15 is 0 Å². The summed E-state index contributed by atoms with van der Waals surface area (Å²) >= 11 is 0. The summed E-state index contributed by atoms with van der Waals surface area (Å²) in [5.74, 6) is 0.390. The van der Waals surface area contributed by atoms with Crippen molar-refractivity contribution in [2.75, 3.05) is 6.54 Å². The normalized spacial score (nSPS) is 11.2. The van der Waals surface area contributed by atoms with Gasteiger partial charge < -0.3 is 5.32 Å². The molecular weight excluding hydrogens is 243 g/mol. The third kappa shape index (κ3) is 3.38. The van der Waals surface area contributed by atoms with Crippen LogP contribution in [0.4, 0.5) is 4.39 Å². The molecule has 4 nitrogen and oxygen atoms in total. The predicted octanol–water partition coefficient (Wildman–Crippen LogP) is 2.46. The molecule has 1 N–H and O–H groups in total. The van der Waals surface area contributed by atoms with Crippen LogP contribution >= 0.6 is 0 Å². The summed E-state index contributed by atoms with van der Waals surface area (Å²) in [6.45, 7) is 7.69. The lowest BCUT2D eigenvalue weighted by molar-refractivity contribution is 0.542. The Labute approximate surface area is 112 Å². The number of rotatable bonds is 5. The maximum atomic E-state index is 13.3. The lowest BCUT2D eigenvalue weighted by Crippen LogP contribution is -2.20. The molecule has 0 spiro atoms. The van der Waals surface area contributed by atoms with Gasteiger partial charge in [0.1, 0.15) is 5.82 Å². The van der Waals surface area contributed by atoms with Crippen molar-refractivity contribution >= 4 is 0 Å². The van der Waals surface area contributed by atoms with E-state index in [-0.39, 0.29) is 5.82 Å². The van der Waals surface area contributed by atoms with E-state index in [2.05, 4.69) is 29.5 Å². The summed E-state index contributed by atoms with van der Waals surface area (Å²) in [5, 5.41) is 11.3. The molecule has 102 valence electrons. The highest BCUT2D eigenvalue weighted by Crippen LogP contribution is 2.14. The molecule has 2 rings (SSSR count). The first-order valence-electron chi connectivity index (χ1n) is 6.44. The number of hydrogen-bond donors (Lipinski definition) is 1. The summed E-state index contributed by atoms with van der Waals surface area (Å²) in [4.78, 5) is 0. The van der Waals surface area contributed by atoms with E-state index in [4.69, 9.17) is 0 Å². The molecule has 0 bridgehead atoms. The molecule has 0 radical (unpaired) electrons. The summed E-state index contributed by atoms with van der Waals surface area (Å²) in [7, 11) is 0. The lowest BCUT2D eigenvalue weighted by Gasteiger charge is -2.09. The van der Waals surface area contributed by atoms with E-state index in [1.165, 1.54) is 6.07 Å². The fourth-order valence-corrected chi connectivity index (χ4v) is 1.84. The van der Waals surface area contributed by atoms with Gasteiger partial charge >= 0.3 is 0 Å². The Balaban J connectivity index is 2.16. The first-order valence-corrected chi connectivity index (χ1v) is 6.44. The molecule has 0 saturated heterocycles.